The van der Waals surface area contributed by atoms with Gasteiger partial charge in [0.25, 0.3) is 0 Å². The Kier molecular flexibility index (Phi) is 5.99. The van der Waals surface area contributed by atoms with Gasteiger partial charge in [-0.2, -0.15) is 0 Å². The van der Waals surface area contributed by atoms with E-state index in [1.54, 1.807) is 23.5 Å². The quantitative estimate of drug-likeness (QED) is 0.612. The second-order valence-corrected chi connectivity index (χ2v) is 7.37. The molecule has 21 heavy (non-hydrogen) atoms. The lowest BCUT2D eigenvalue weighted by Crippen LogP contribution is -2.35. The molecule has 1 aliphatic heterocycles. The fourth-order valence-electron chi connectivity index (χ4n) is 2.41. The van der Waals surface area contributed by atoms with E-state index in [1.165, 1.54) is 14.2 Å². The van der Waals surface area contributed by atoms with Crippen molar-refractivity contribution in [3.05, 3.63) is 35.9 Å². The summed E-state index contributed by atoms with van der Waals surface area (Å²) < 4.78 is 9.83. The molecule has 114 valence electrons. The number of esters is 2. The first-order chi connectivity index (χ1) is 10.2. The van der Waals surface area contributed by atoms with Crippen molar-refractivity contribution < 1.29 is 19.1 Å². The van der Waals surface area contributed by atoms with Gasteiger partial charge in [-0.05, 0) is 5.56 Å². The highest BCUT2D eigenvalue weighted by atomic mass is 32.2. The third-order valence-electron chi connectivity index (χ3n) is 3.39. The fraction of sp³-hybridized carbons (Fsp3) is 0.467. The molecule has 0 amide bonds. The number of thioether (sulfide) groups is 2. The highest BCUT2D eigenvalue weighted by Crippen LogP contribution is 2.46. The lowest BCUT2D eigenvalue weighted by molar-refractivity contribution is -0.159. The van der Waals surface area contributed by atoms with Crippen LogP contribution in [0.1, 0.15) is 11.5 Å². The monoisotopic (exact) mass is 326 g/mol. The second kappa shape index (κ2) is 7.75. The first-order valence-corrected chi connectivity index (χ1v) is 8.72. The van der Waals surface area contributed by atoms with Crippen molar-refractivity contribution >= 4 is 35.5 Å². The summed E-state index contributed by atoms with van der Waals surface area (Å²) in [7, 11) is 2.60. The van der Waals surface area contributed by atoms with Crippen LogP contribution in [0.25, 0.3) is 0 Å². The van der Waals surface area contributed by atoms with Crippen molar-refractivity contribution in [3.8, 4) is 0 Å². The third kappa shape index (κ3) is 3.74. The maximum Gasteiger partial charge on any atom is 0.320 e. The second-order valence-electron chi connectivity index (χ2n) is 4.57. The summed E-state index contributed by atoms with van der Waals surface area (Å²) in [6.07, 6.45) is 0. The van der Waals surface area contributed by atoms with Gasteiger partial charge in [-0.25, -0.2) is 0 Å². The maximum atomic E-state index is 12.1. The number of carbonyl (C=O) groups excluding carboxylic acids is 2. The Labute approximate surface area is 133 Å². The predicted octanol–water partition coefficient (Wildman–Crippen LogP) is 2.54. The number of ether oxygens (including phenoxy) is 2. The summed E-state index contributed by atoms with van der Waals surface area (Å²) in [4.78, 5) is 24.3. The average Bonchev–Trinajstić information content (AvgIpc) is 3.05. The van der Waals surface area contributed by atoms with Gasteiger partial charge in [0.2, 0.25) is 0 Å². The van der Waals surface area contributed by atoms with E-state index in [2.05, 4.69) is 0 Å². The van der Waals surface area contributed by atoms with E-state index < -0.39 is 17.9 Å². The number of rotatable bonds is 5. The van der Waals surface area contributed by atoms with Crippen LogP contribution >= 0.6 is 23.5 Å². The molecule has 1 fully saturated rings. The van der Waals surface area contributed by atoms with Gasteiger partial charge < -0.3 is 9.47 Å². The fourth-order valence-corrected chi connectivity index (χ4v) is 5.65. The number of methoxy groups -OCH3 is 2. The van der Waals surface area contributed by atoms with Gasteiger partial charge in [-0.1, -0.05) is 30.3 Å². The van der Waals surface area contributed by atoms with Gasteiger partial charge in [-0.3, -0.25) is 9.59 Å². The van der Waals surface area contributed by atoms with E-state index in [-0.39, 0.29) is 10.5 Å². The first kappa shape index (κ1) is 16.2. The van der Waals surface area contributed by atoms with Crippen LogP contribution < -0.4 is 0 Å². The standard InChI is InChI=1S/C15H18O4S2/c1-18-13(16)12(14(17)19-2)11(15-20-8-9-21-15)10-6-4-3-5-7-10/h3-7,11-12,15H,8-9H2,1-2H3/t11-/m1/s1. The Hall–Kier alpha value is -1.14. The molecule has 0 spiro atoms. The van der Waals surface area contributed by atoms with E-state index in [9.17, 15) is 9.59 Å². The van der Waals surface area contributed by atoms with E-state index in [1.807, 2.05) is 30.3 Å². The molecule has 1 heterocycles. The van der Waals surface area contributed by atoms with Gasteiger partial charge in [-0.15, -0.1) is 23.5 Å². The molecule has 1 aromatic rings. The van der Waals surface area contributed by atoms with Crippen LogP contribution in [0.4, 0.5) is 0 Å². The minimum absolute atomic E-state index is 0.149. The molecule has 0 aliphatic carbocycles. The number of benzene rings is 1. The number of carbonyl (C=O) groups is 2. The van der Waals surface area contributed by atoms with Crippen LogP contribution in [0.2, 0.25) is 0 Å². The summed E-state index contributed by atoms with van der Waals surface area (Å²) in [6.45, 7) is 0. The Morgan fingerprint density at radius 2 is 1.57 bits per heavy atom. The van der Waals surface area contributed by atoms with Gasteiger partial charge in [0.1, 0.15) is 0 Å². The third-order valence-corrected chi connectivity index (χ3v) is 6.59. The molecule has 0 bridgehead atoms. The normalized spacial score (nSPS) is 16.7. The summed E-state index contributed by atoms with van der Waals surface area (Å²) in [5, 5.41) is 0. The Balaban J connectivity index is 2.40. The molecule has 2 rings (SSSR count). The van der Waals surface area contributed by atoms with Crippen molar-refractivity contribution in [1.29, 1.82) is 0 Å². The molecule has 4 nitrogen and oxygen atoms in total. The minimum Gasteiger partial charge on any atom is -0.468 e. The topological polar surface area (TPSA) is 52.6 Å². The van der Waals surface area contributed by atoms with Crippen LogP contribution in [-0.4, -0.2) is 42.2 Å². The summed E-state index contributed by atoms with van der Waals surface area (Å²) >= 11 is 3.55. The predicted molar refractivity (Wildman–Crippen MR) is 85.4 cm³/mol. The van der Waals surface area contributed by atoms with Crippen LogP contribution in [0.15, 0.2) is 30.3 Å². The molecule has 1 saturated heterocycles. The molecule has 0 N–H and O–H groups in total. The summed E-state index contributed by atoms with van der Waals surface area (Å²) in [5.41, 5.74) is 0.963. The van der Waals surface area contributed by atoms with E-state index >= 15 is 0 Å². The van der Waals surface area contributed by atoms with E-state index in [4.69, 9.17) is 9.47 Å². The molecule has 1 atom stereocenters. The van der Waals surface area contributed by atoms with Crippen molar-refractivity contribution in [2.75, 3.05) is 25.7 Å². The smallest absolute Gasteiger partial charge is 0.320 e. The van der Waals surface area contributed by atoms with Crippen molar-refractivity contribution in [2.45, 2.75) is 10.5 Å². The first-order valence-electron chi connectivity index (χ1n) is 6.63. The van der Waals surface area contributed by atoms with Crippen LogP contribution in [0.3, 0.4) is 0 Å². The maximum absolute atomic E-state index is 12.1. The van der Waals surface area contributed by atoms with Gasteiger partial charge in [0, 0.05) is 17.4 Å². The zero-order valence-corrected chi connectivity index (χ0v) is 13.6. The minimum atomic E-state index is -0.925. The number of hydrogen-bond donors (Lipinski definition) is 0. The van der Waals surface area contributed by atoms with Crippen LogP contribution in [0.5, 0.6) is 0 Å². The highest BCUT2D eigenvalue weighted by molar-refractivity contribution is 8.20. The summed E-state index contributed by atoms with van der Waals surface area (Å²) in [6, 6.07) is 9.64. The zero-order chi connectivity index (χ0) is 15.2. The highest BCUT2D eigenvalue weighted by Gasteiger charge is 2.43. The molecule has 0 radical (unpaired) electrons. The van der Waals surface area contributed by atoms with Crippen molar-refractivity contribution in [3.63, 3.8) is 0 Å². The molecule has 1 aliphatic rings. The number of hydrogen-bond acceptors (Lipinski definition) is 6. The molecule has 6 heteroatoms. The van der Waals surface area contributed by atoms with Gasteiger partial charge in [0.05, 0.1) is 18.8 Å². The van der Waals surface area contributed by atoms with Gasteiger partial charge >= 0.3 is 11.9 Å². The van der Waals surface area contributed by atoms with Crippen LogP contribution in [0, 0.1) is 5.92 Å². The molecule has 0 saturated carbocycles. The van der Waals surface area contributed by atoms with Crippen molar-refractivity contribution in [2.24, 2.45) is 5.92 Å². The van der Waals surface area contributed by atoms with Gasteiger partial charge in [0.15, 0.2) is 5.92 Å². The summed E-state index contributed by atoms with van der Waals surface area (Å²) in [5.74, 6) is -0.205. The molecule has 0 unspecified atom stereocenters. The molecule has 1 aromatic carbocycles. The lowest BCUT2D eigenvalue weighted by atomic mass is 9.87. The molecular formula is C15H18O4S2. The lowest BCUT2D eigenvalue weighted by Gasteiger charge is -2.27. The van der Waals surface area contributed by atoms with Crippen LogP contribution in [-0.2, 0) is 19.1 Å². The Bertz CT molecular complexity index is 470. The molecular weight excluding hydrogens is 308 g/mol. The van der Waals surface area contributed by atoms with E-state index in [0.29, 0.717) is 0 Å². The van der Waals surface area contributed by atoms with E-state index in [0.717, 1.165) is 17.1 Å². The van der Waals surface area contributed by atoms with Crippen molar-refractivity contribution in [1.82, 2.24) is 0 Å². The molecule has 0 aromatic heterocycles. The Morgan fingerprint density at radius 3 is 2.05 bits per heavy atom. The SMILES string of the molecule is COC(=O)C(C(=O)OC)[C@@H](c1ccccc1)C1SCCS1. The largest absolute Gasteiger partial charge is 0.468 e. The Morgan fingerprint density at radius 1 is 1.05 bits per heavy atom. The average molecular weight is 326 g/mol. The zero-order valence-electron chi connectivity index (χ0n) is 12.0.